The molecule has 0 radical (unpaired) electrons. The molecule has 19 heavy (non-hydrogen) atoms. The summed E-state index contributed by atoms with van der Waals surface area (Å²) in [6, 6.07) is 8.52. The number of nitrogens with zero attached hydrogens (tertiary/aromatic N) is 1. The molecular formula is C16H25ClN2. The normalized spacial score (nSPS) is 22.1. The van der Waals surface area contributed by atoms with Gasteiger partial charge in [-0.1, -0.05) is 37.6 Å². The van der Waals surface area contributed by atoms with Crippen LogP contribution in [0.1, 0.15) is 32.3 Å². The Morgan fingerprint density at radius 2 is 2.21 bits per heavy atom. The fourth-order valence-electron chi connectivity index (χ4n) is 2.80. The van der Waals surface area contributed by atoms with E-state index in [0.717, 1.165) is 23.9 Å². The lowest BCUT2D eigenvalue weighted by atomic mass is 9.93. The van der Waals surface area contributed by atoms with Gasteiger partial charge in [0.1, 0.15) is 0 Å². The van der Waals surface area contributed by atoms with Gasteiger partial charge in [-0.3, -0.25) is 4.90 Å². The van der Waals surface area contributed by atoms with E-state index in [-0.39, 0.29) is 0 Å². The van der Waals surface area contributed by atoms with E-state index in [4.69, 9.17) is 17.3 Å². The van der Waals surface area contributed by atoms with Gasteiger partial charge >= 0.3 is 0 Å². The molecule has 1 heterocycles. The summed E-state index contributed by atoms with van der Waals surface area (Å²) in [5, 5.41) is 0.829. The van der Waals surface area contributed by atoms with Gasteiger partial charge in [-0.2, -0.15) is 0 Å². The van der Waals surface area contributed by atoms with Crippen molar-refractivity contribution in [1.29, 1.82) is 0 Å². The second-order valence-corrected chi connectivity index (χ2v) is 6.60. The monoisotopic (exact) mass is 280 g/mol. The molecular weight excluding hydrogens is 256 g/mol. The van der Waals surface area contributed by atoms with E-state index in [2.05, 4.69) is 30.9 Å². The largest absolute Gasteiger partial charge is 0.327 e. The minimum atomic E-state index is 0.344. The van der Waals surface area contributed by atoms with Gasteiger partial charge in [0.15, 0.2) is 0 Å². The van der Waals surface area contributed by atoms with Crippen LogP contribution in [0.3, 0.4) is 0 Å². The van der Waals surface area contributed by atoms with Crippen LogP contribution in [0, 0.1) is 11.8 Å². The molecule has 2 rings (SSSR count). The number of nitrogens with two attached hydrogens (primary N) is 1. The summed E-state index contributed by atoms with van der Waals surface area (Å²) in [7, 11) is 0. The van der Waals surface area contributed by atoms with Crippen molar-refractivity contribution < 1.29 is 0 Å². The first-order chi connectivity index (χ1) is 9.04. The van der Waals surface area contributed by atoms with Gasteiger partial charge in [0.25, 0.3) is 0 Å². The number of rotatable bonds is 5. The van der Waals surface area contributed by atoms with Crippen LogP contribution < -0.4 is 5.73 Å². The summed E-state index contributed by atoms with van der Waals surface area (Å²) in [5.74, 6) is 1.35. The Hall–Kier alpha value is -0.570. The topological polar surface area (TPSA) is 29.3 Å². The van der Waals surface area contributed by atoms with Gasteiger partial charge in [0.05, 0.1) is 0 Å². The smallest absolute Gasteiger partial charge is 0.0409 e. The zero-order chi connectivity index (χ0) is 13.8. The van der Waals surface area contributed by atoms with Crippen LogP contribution in [0.15, 0.2) is 24.3 Å². The van der Waals surface area contributed by atoms with E-state index in [1.54, 1.807) is 0 Å². The highest BCUT2D eigenvalue weighted by molar-refractivity contribution is 6.30. The van der Waals surface area contributed by atoms with Crippen LogP contribution in [0.25, 0.3) is 0 Å². The molecule has 1 aromatic rings. The van der Waals surface area contributed by atoms with Gasteiger partial charge < -0.3 is 5.73 Å². The van der Waals surface area contributed by atoms with E-state index in [1.165, 1.54) is 25.1 Å². The summed E-state index contributed by atoms with van der Waals surface area (Å²) in [4.78, 5) is 2.52. The highest BCUT2D eigenvalue weighted by atomic mass is 35.5. The molecule has 0 spiro atoms. The maximum Gasteiger partial charge on any atom is 0.0409 e. The summed E-state index contributed by atoms with van der Waals surface area (Å²) < 4.78 is 0. The number of benzene rings is 1. The molecule has 1 aromatic carbocycles. The quantitative estimate of drug-likeness (QED) is 0.894. The average molecular weight is 281 g/mol. The molecule has 0 aromatic heterocycles. The molecule has 0 saturated carbocycles. The van der Waals surface area contributed by atoms with Crippen molar-refractivity contribution in [2.75, 3.05) is 13.1 Å². The van der Waals surface area contributed by atoms with Gasteiger partial charge in [0, 0.05) is 24.2 Å². The minimum absolute atomic E-state index is 0.344. The SMILES string of the molecule is CC(C)C(N)CC1CCN(Cc2cccc(Cl)c2)C1. The molecule has 1 aliphatic heterocycles. The Morgan fingerprint density at radius 1 is 1.42 bits per heavy atom. The van der Waals surface area contributed by atoms with Gasteiger partial charge in [-0.15, -0.1) is 0 Å². The standard InChI is InChI=1S/C16H25ClN2/c1-12(2)16(18)9-14-6-7-19(11-14)10-13-4-3-5-15(17)8-13/h3-5,8,12,14,16H,6-7,9-11,18H2,1-2H3. The van der Waals surface area contributed by atoms with Gasteiger partial charge in [-0.05, 0) is 48.9 Å². The van der Waals surface area contributed by atoms with Crippen LogP contribution in [0.5, 0.6) is 0 Å². The molecule has 2 unspecified atom stereocenters. The second kappa shape index (κ2) is 6.74. The van der Waals surface area contributed by atoms with Gasteiger partial charge in [0.2, 0.25) is 0 Å². The van der Waals surface area contributed by atoms with Crippen LogP contribution in [0.4, 0.5) is 0 Å². The highest BCUT2D eigenvalue weighted by Crippen LogP contribution is 2.24. The first kappa shape index (κ1) is 14.8. The number of hydrogen-bond acceptors (Lipinski definition) is 2. The molecule has 0 bridgehead atoms. The Bertz CT molecular complexity index is 405. The van der Waals surface area contributed by atoms with E-state index < -0.39 is 0 Å². The van der Waals surface area contributed by atoms with Crippen LogP contribution >= 0.6 is 11.6 Å². The molecule has 106 valence electrons. The van der Waals surface area contributed by atoms with Crippen molar-refractivity contribution in [3.8, 4) is 0 Å². The van der Waals surface area contributed by atoms with Crippen molar-refractivity contribution in [1.82, 2.24) is 4.90 Å². The van der Waals surface area contributed by atoms with Gasteiger partial charge in [-0.25, -0.2) is 0 Å². The summed E-state index contributed by atoms with van der Waals surface area (Å²) in [6.45, 7) is 7.79. The average Bonchev–Trinajstić information content (AvgIpc) is 2.76. The lowest BCUT2D eigenvalue weighted by Crippen LogP contribution is -2.30. The number of likely N-dealkylation sites (tertiary alicyclic amines) is 1. The van der Waals surface area contributed by atoms with Crippen LogP contribution in [-0.4, -0.2) is 24.0 Å². The van der Waals surface area contributed by atoms with Crippen molar-refractivity contribution in [3.05, 3.63) is 34.9 Å². The third-order valence-electron chi connectivity index (χ3n) is 4.13. The third-order valence-corrected chi connectivity index (χ3v) is 4.36. The van der Waals surface area contributed by atoms with E-state index in [0.29, 0.717) is 12.0 Å². The lowest BCUT2D eigenvalue weighted by molar-refractivity contribution is 0.301. The molecule has 0 amide bonds. The van der Waals surface area contributed by atoms with E-state index in [9.17, 15) is 0 Å². The fraction of sp³-hybridized carbons (Fsp3) is 0.625. The molecule has 2 N–H and O–H groups in total. The molecule has 0 aliphatic carbocycles. The Kier molecular flexibility index (Phi) is 5.26. The van der Waals surface area contributed by atoms with E-state index in [1.807, 2.05) is 12.1 Å². The van der Waals surface area contributed by atoms with Crippen molar-refractivity contribution in [2.24, 2.45) is 17.6 Å². The third kappa shape index (κ3) is 4.48. The summed E-state index contributed by atoms with van der Waals surface area (Å²) in [5.41, 5.74) is 7.48. The highest BCUT2D eigenvalue weighted by Gasteiger charge is 2.24. The lowest BCUT2D eigenvalue weighted by Gasteiger charge is -2.20. The van der Waals surface area contributed by atoms with Crippen molar-refractivity contribution in [3.63, 3.8) is 0 Å². The second-order valence-electron chi connectivity index (χ2n) is 6.16. The van der Waals surface area contributed by atoms with Crippen LogP contribution in [0.2, 0.25) is 5.02 Å². The molecule has 1 fully saturated rings. The predicted octanol–water partition coefficient (Wildman–Crippen LogP) is 3.54. The summed E-state index contributed by atoms with van der Waals surface area (Å²) >= 11 is 6.03. The maximum atomic E-state index is 6.18. The van der Waals surface area contributed by atoms with E-state index >= 15 is 0 Å². The molecule has 1 aliphatic rings. The minimum Gasteiger partial charge on any atom is -0.327 e. The van der Waals surface area contributed by atoms with Crippen molar-refractivity contribution >= 4 is 11.6 Å². The number of hydrogen-bond donors (Lipinski definition) is 1. The first-order valence-electron chi connectivity index (χ1n) is 7.27. The number of halogens is 1. The molecule has 2 atom stereocenters. The molecule has 3 heteroatoms. The maximum absolute atomic E-state index is 6.18. The Labute approximate surface area is 121 Å². The summed E-state index contributed by atoms with van der Waals surface area (Å²) in [6.07, 6.45) is 2.44. The Balaban J connectivity index is 1.82. The molecule has 2 nitrogen and oxygen atoms in total. The molecule has 1 saturated heterocycles. The van der Waals surface area contributed by atoms with Crippen molar-refractivity contribution in [2.45, 2.75) is 39.3 Å². The first-order valence-corrected chi connectivity index (χ1v) is 7.64. The zero-order valence-corrected chi connectivity index (χ0v) is 12.7. The van der Waals surface area contributed by atoms with Crippen LogP contribution in [-0.2, 0) is 6.54 Å². The Morgan fingerprint density at radius 3 is 2.89 bits per heavy atom. The predicted molar refractivity (Wildman–Crippen MR) is 82.3 cm³/mol. The fourth-order valence-corrected chi connectivity index (χ4v) is 3.01. The zero-order valence-electron chi connectivity index (χ0n) is 12.0.